The predicted octanol–water partition coefficient (Wildman–Crippen LogP) is 3.17. The van der Waals surface area contributed by atoms with Crippen LogP contribution in [0.1, 0.15) is 12.5 Å². The molecule has 0 spiro atoms. The number of guanidine groups is 1. The first-order chi connectivity index (χ1) is 12.2. The first-order valence-electron chi connectivity index (χ1n) is 8.29. The minimum absolute atomic E-state index is 0. The maximum absolute atomic E-state index is 5.85. The number of ether oxygens (including phenoxy) is 3. The molecule has 2 aromatic carbocycles. The number of nitrogens with zero attached hydrogens (tertiary/aromatic N) is 1. The molecule has 7 heteroatoms. The van der Waals surface area contributed by atoms with Gasteiger partial charge in [0.2, 0.25) is 6.79 Å². The first kappa shape index (κ1) is 20.2. The second-order valence-electron chi connectivity index (χ2n) is 5.74. The summed E-state index contributed by atoms with van der Waals surface area (Å²) in [5, 5.41) is 6.55. The summed E-state index contributed by atoms with van der Waals surface area (Å²) in [6.45, 7) is 3.60. The number of aliphatic imine (C=N–C) groups is 1. The van der Waals surface area contributed by atoms with Gasteiger partial charge in [-0.15, -0.1) is 24.0 Å². The molecule has 26 heavy (non-hydrogen) atoms. The van der Waals surface area contributed by atoms with Crippen molar-refractivity contribution in [3.63, 3.8) is 0 Å². The second-order valence-corrected chi connectivity index (χ2v) is 5.74. The summed E-state index contributed by atoms with van der Waals surface area (Å²) in [6.07, 6.45) is 0.0199. The Morgan fingerprint density at radius 1 is 1.12 bits per heavy atom. The summed E-state index contributed by atoms with van der Waals surface area (Å²) < 4.78 is 16.6. The van der Waals surface area contributed by atoms with Crippen LogP contribution in [0.2, 0.25) is 0 Å². The lowest BCUT2D eigenvalue weighted by atomic mass is 10.2. The van der Waals surface area contributed by atoms with Gasteiger partial charge in [0, 0.05) is 13.6 Å². The van der Waals surface area contributed by atoms with Crippen molar-refractivity contribution in [2.75, 3.05) is 20.4 Å². The highest BCUT2D eigenvalue weighted by Crippen LogP contribution is 2.32. The van der Waals surface area contributed by atoms with E-state index in [2.05, 4.69) is 15.6 Å². The van der Waals surface area contributed by atoms with Crippen molar-refractivity contribution >= 4 is 29.9 Å². The zero-order valence-corrected chi connectivity index (χ0v) is 17.2. The van der Waals surface area contributed by atoms with E-state index in [0.717, 1.165) is 28.8 Å². The maximum atomic E-state index is 5.85. The van der Waals surface area contributed by atoms with Crippen LogP contribution in [0.15, 0.2) is 53.5 Å². The molecule has 0 saturated carbocycles. The largest absolute Gasteiger partial charge is 0.489 e. The van der Waals surface area contributed by atoms with Gasteiger partial charge in [0.05, 0.1) is 6.54 Å². The molecule has 0 amide bonds. The minimum Gasteiger partial charge on any atom is -0.489 e. The van der Waals surface area contributed by atoms with Gasteiger partial charge >= 0.3 is 0 Å². The Morgan fingerprint density at radius 2 is 1.88 bits per heavy atom. The number of rotatable bonds is 6. The van der Waals surface area contributed by atoms with E-state index in [1.165, 1.54) is 0 Å². The van der Waals surface area contributed by atoms with Crippen molar-refractivity contribution in [2.24, 2.45) is 4.99 Å². The maximum Gasteiger partial charge on any atom is 0.231 e. The third-order valence-corrected chi connectivity index (χ3v) is 3.76. The fraction of sp³-hybridized carbons (Fsp3) is 0.316. The topological polar surface area (TPSA) is 64.1 Å². The Bertz CT molecular complexity index is 725. The molecule has 0 aliphatic carbocycles. The van der Waals surface area contributed by atoms with Gasteiger partial charge in [0.1, 0.15) is 11.9 Å². The standard InChI is InChI=1S/C19H23N3O3.HI/c1-14(25-16-6-4-3-5-7-16)11-21-19(20-2)22-12-15-8-9-17-18(10-15)24-13-23-17;/h3-10,14H,11-13H2,1-2H3,(H2,20,21,22);1H. The molecule has 6 nitrogen and oxygen atoms in total. The minimum atomic E-state index is 0. The molecular formula is C19H24IN3O3. The summed E-state index contributed by atoms with van der Waals surface area (Å²) in [6, 6.07) is 15.7. The number of hydrogen-bond donors (Lipinski definition) is 2. The smallest absolute Gasteiger partial charge is 0.231 e. The van der Waals surface area contributed by atoms with Gasteiger partial charge in [-0.2, -0.15) is 0 Å². The lowest BCUT2D eigenvalue weighted by molar-refractivity contribution is 0.174. The van der Waals surface area contributed by atoms with Gasteiger partial charge < -0.3 is 24.8 Å². The average molecular weight is 469 g/mol. The summed E-state index contributed by atoms with van der Waals surface area (Å²) in [7, 11) is 1.75. The van der Waals surface area contributed by atoms with Crippen LogP contribution in [0.3, 0.4) is 0 Å². The van der Waals surface area contributed by atoms with Crippen LogP contribution in [0.5, 0.6) is 17.2 Å². The van der Waals surface area contributed by atoms with E-state index in [4.69, 9.17) is 14.2 Å². The summed E-state index contributed by atoms with van der Waals surface area (Å²) in [4.78, 5) is 4.24. The zero-order valence-electron chi connectivity index (χ0n) is 14.9. The molecule has 2 aromatic rings. The highest BCUT2D eigenvalue weighted by molar-refractivity contribution is 14.0. The Hall–Kier alpha value is -2.16. The van der Waals surface area contributed by atoms with E-state index < -0.39 is 0 Å². The van der Waals surface area contributed by atoms with Crippen molar-refractivity contribution in [3.8, 4) is 17.2 Å². The van der Waals surface area contributed by atoms with Crippen LogP contribution < -0.4 is 24.8 Å². The molecule has 140 valence electrons. The van der Waals surface area contributed by atoms with Crippen molar-refractivity contribution in [3.05, 3.63) is 54.1 Å². The van der Waals surface area contributed by atoms with Gasteiger partial charge in [0.15, 0.2) is 17.5 Å². The van der Waals surface area contributed by atoms with Gasteiger partial charge in [0.25, 0.3) is 0 Å². The molecule has 0 saturated heterocycles. The van der Waals surface area contributed by atoms with Gasteiger partial charge in [-0.25, -0.2) is 0 Å². The number of hydrogen-bond acceptors (Lipinski definition) is 4. The normalized spacial score (nSPS) is 13.5. The molecule has 1 atom stereocenters. The Labute approximate surface area is 171 Å². The molecule has 1 unspecified atom stereocenters. The number of fused-ring (bicyclic) bond motifs is 1. The number of benzene rings is 2. The molecular weight excluding hydrogens is 445 g/mol. The van der Waals surface area contributed by atoms with Gasteiger partial charge in [-0.05, 0) is 36.8 Å². The van der Waals surface area contributed by atoms with Crippen LogP contribution in [-0.2, 0) is 6.54 Å². The summed E-state index contributed by atoms with van der Waals surface area (Å²) in [5.41, 5.74) is 1.10. The molecule has 0 radical (unpaired) electrons. The van der Waals surface area contributed by atoms with E-state index in [1.807, 2.05) is 55.5 Å². The first-order valence-corrected chi connectivity index (χ1v) is 8.29. The predicted molar refractivity (Wildman–Crippen MR) is 113 cm³/mol. The van der Waals surface area contributed by atoms with E-state index in [1.54, 1.807) is 7.05 Å². The second kappa shape index (κ2) is 10.1. The lowest BCUT2D eigenvalue weighted by Crippen LogP contribution is -2.41. The zero-order chi connectivity index (χ0) is 17.5. The van der Waals surface area contributed by atoms with Crippen LogP contribution in [-0.4, -0.2) is 32.4 Å². The number of halogens is 1. The fourth-order valence-corrected chi connectivity index (χ4v) is 2.47. The SMILES string of the molecule is CN=C(NCc1ccc2c(c1)OCO2)NCC(C)Oc1ccccc1.I. The summed E-state index contributed by atoms with van der Waals surface area (Å²) in [5.74, 6) is 3.16. The van der Waals surface area contributed by atoms with E-state index in [-0.39, 0.29) is 36.9 Å². The quantitative estimate of drug-likeness (QED) is 0.387. The molecule has 2 N–H and O–H groups in total. The Kier molecular flexibility index (Phi) is 7.83. The number of para-hydroxylation sites is 1. The molecule has 1 aliphatic heterocycles. The average Bonchev–Trinajstić information content (AvgIpc) is 3.10. The van der Waals surface area contributed by atoms with E-state index in [9.17, 15) is 0 Å². The highest BCUT2D eigenvalue weighted by atomic mass is 127. The van der Waals surface area contributed by atoms with Crippen molar-refractivity contribution in [1.82, 2.24) is 10.6 Å². The third-order valence-electron chi connectivity index (χ3n) is 3.76. The van der Waals surface area contributed by atoms with E-state index in [0.29, 0.717) is 13.1 Å². The summed E-state index contributed by atoms with van der Waals surface area (Å²) >= 11 is 0. The van der Waals surface area contributed by atoms with Crippen molar-refractivity contribution in [2.45, 2.75) is 19.6 Å². The Morgan fingerprint density at radius 3 is 2.65 bits per heavy atom. The monoisotopic (exact) mass is 469 g/mol. The lowest BCUT2D eigenvalue weighted by Gasteiger charge is -2.17. The molecule has 0 aromatic heterocycles. The number of nitrogens with one attached hydrogen (secondary N) is 2. The van der Waals surface area contributed by atoms with E-state index >= 15 is 0 Å². The molecule has 0 bridgehead atoms. The fourth-order valence-electron chi connectivity index (χ4n) is 2.47. The van der Waals surface area contributed by atoms with Gasteiger partial charge in [-0.3, -0.25) is 4.99 Å². The molecule has 1 heterocycles. The molecule has 0 fully saturated rings. The van der Waals surface area contributed by atoms with Gasteiger partial charge in [-0.1, -0.05) is 24.3 Å². The Balaban J connectivity index is 0.00000243. The van der Waals surface area contributed by atoms with Crippen LogP contribution >= 0.6 is 24.0 Å². The van der Waals surface area contributed by atoms with Crippen LogP contribution in [0, 0.1) is 0 Å². The highest BCUT2D eigenvalue weighted by Gasteiger charge is 2.13. The molecule has 1 aliphatic rings. The van der Waals surface area contributed by atoms with Crippen molar-refractivity contribution in [1.29, 1.82) is 0 Å². The third kappa shape index (κ3) is 5.69. The van der Waals surface area contributed by atoms with Crippen LogP contribution in [0.25, 0.3) is 0 Å². The van der Waals surface area contributed by atoms with Crippen LogP contribution in [0.4, 0.5) is 0 Å². The van der Waals surface area contributed by atoms with Crippen molar-refractivity contribution < 1.29 is 14.2 Å². The molecule has 3 rings (SSSR count).